The van der Waals surface area contributed by atoms with Gasteiger partial charge in [0.25, 0.3) is 0 Å². The first-order chi connectivity index (χ1) is 17.0. The molecule has 0 bridgehead atoms. The molecule has 1 spiro atoms. The van der Waals surface area contributed by atoms with Crippen molar-refractivity contribution in [3.8, 4) is 11.5 Å². The molecule has 0 amide bonds. The van der Waals surface area contributed by atoms with Crippen LogP contribution >= 0.6 is 11.6 Å². The molecule has 0 radical (unpaired) electrons. The lowest BCUT2D eigenvalue weighted by atomic mass is 9.75. The third-order valence-corrected chi connectivity index (χ3v) is 7.29. The average molecular weight is 493 g/mol. The lowest BCUT2D eigenvalue weighted by Crippen LogP contribution is -2.35. The van der Waals surface area contributed by atoms with E-state index in [2.05, 4.69) is 18.7 Å². The molecule has 1 atom stereocenters. The molecule has 0 fully saturated rings. The van der Waals surface area contributed by atoms with Crippen molar-refractivity contribution in [2.24, 2.45) is 0 Å². The Hall–Kier alpha value is -3.22. The van der Waals surface area contributed by atoms with Crippen molar-refractivity contribution in [3.63, 3.8) is 0 Å². The average Bonchev–Trinajstić information content (AvgIpc) is 3.16. The number of nitrogen functional groups attached to an aromatic ring is 1. The van der Waals surface area contributed by atoms with Gasteiger partial charge in [-0.3, -0.25) is 0 Å². The molecule has 182 valence electrons. The Kier molecular flexibility index (Phi) is 6.11. The number of rotatable bonds is 7. The van der Waals surface area contributed by atoms with Crippen molar-refractivity contribution in [1.82, 2.24) is 0 Å². The quantitative estimate of drug-likeness (QED) is 0.251. The molecule has 2 heterocycles. The van der Waals surface area contributed by atoms with Gasteiger partial charge in [0.05, 0.1) is 34.1 Å². The molecule has 0 saturated heterocycles. The highest BCUT2D eigenvalue weighted by Gasteiger charge is 2.55. The maximum absolute atomic E-state index is 13.2. The number of anilines is 2. The van der Waals surface area contributed by atoms with Crippen LogP contribution in [0.4, 0.5) is 11.4 Å². The van der Waals surface area contributed by atoms with Crippen molar-refractivity contribution in [2.75, 3.05) is 36.9 Å². The van der Waals surface area contributed by atoms with E-state index in [9.17, 15) is 4.79 Å². The van der Waals surface area contributed by atoms with Gasteiger partial charge in [0.1, 0.15) is 11.5 Å². The van der Waals surface area contributed by atoms with Crippen LogP contribution in [0.1, 0.15) is 53.4 Å². The van der Waals surface area contributed by atoms with Gasteiger partial charge in [-0.1, -0.05) is 48.0 Å². The molecule has 2 aliphatic rings. The summed E-state index contributed by atoms with van der Waals surface area (Å²) in [6.07, 6.45) is 0.525. The first-order valence-corrected chi connectivity index (χ1v) is 12.4. The van der Waals surface area contributed by atoms with E-state index in [0.717, 1.165) is 22.4 Å². The van der Waals surface area contributed by atoms with E-state index >= 15 is 0 Å². The topological polar surface area (TPSA) is 74.0 Å². The summed E-state index contributed by atoms with van der Waals surface area (Å²) in [4.78, 5) is 15.3. The zero-order valence-electron chi connectivity index (χ0n) is 20.2. The number of carbonyl (C=O) groups excluding carboxylic acids is 1. The van der Waals surface area contributed by atoms with Gasteiger partial charge in [0.15, 0.2) is 5.60 Å². The second-order valence-corrected chi connectivity index (χ2v) is 8.97. The predicted molar refractivity (Wildman–Crippen MR) is 138 cm³/mol. The SMILES string of the molecule is CCOCCc1c(Cl)c(N(CC)CC)c(N)c2c1Oc1ccccc1C21OC(=O)c2ccccc21. The minimum atomic E-state index is -1.24. The molecule has 3 aromatic carbocycles. The Bertz CT molecular complexity index is 1300. The van der Waals surface area contributed by atoms with Crippen molar-refractivity contribution in [1.29, 1.82) is 0 Å². The second kappa shape index (κ2) is 9.10. The molecule has 0 aliphatic carbocycles. The highest BCUT2D eigenvalue weighted by molar-refractivity contribution is 6.35. The number of benzene rings is 3. The van der Waals surface area contributed by atoms with Crippen molar-refractivity contribution in [2.45, 2.75) is 32.8 Å². The van der Waals surface area contributed by atoms with Crippen LogP contribution < -0.4 is 15.4 Å². The number of nitrogens with zero attached hydrogens (tertiary/aromatic N) is 1. The Morgan fingerprint density at radius 1 is 1.03 bits per heavy atom. The van der Waals surface area contributed by atoms with E-state index in [-0.39, 0.29) is 0 Å². The second-order valence-electron chi connectivity index (χ2n) is 8.59. The van der Waals surface area contributed by atoms with Crippen LogP contribution in [-0.4, -0.2) is 32.3 Å². The van der Waals surface area contributed by atoms with Crippen LogP contribution in [0.25, 0.3) is 0 Å². The van der Waals surface area contributed by atoms with Gasteiger partial charge in [0, 0.05) is 42.8 Å². The highest BCUT2D eigenvalue weighted by atomic mass is 35.5. The fourth-order valence-corrected chi connectivity index (χ4v) is 5.70. The summed E-state index contributed by atoms with van der Waals surface area (Å²) in [6.45, 7) is 8.57. The number of carbonyl (C=O) groups is 1. The van der Waals surface area contributed by atoms with Gasteiger partial charge in [-0.05, 0) is 32.9 Å². The van der Waals surface area contributed by atoms with Gasteiger partial charge in [0.2, 0.25) is 0 Å². The smallest absolute Gasteiger partial charge is 0.340 e. The number of hydrogen-bond acceptors (Lipinski definition) is 6. The number of para-hydroxylation sites is 1. The minimum absolute atomic E-state index is 0.391. The van der Waals surface area contributed by atoms with E-state index in [1.807, 2.05) is 49.4 Å². The molecule has 5 rings (SSSR count). The maximum Gasteiger partial charge on any atom is 0.340 e. The summed E-state index contributed by atoms with van der Waals surface area (Å²) in [7, 11) is 0. The van der Waals surface area contributed by atoms with Crippen molar-refractivity contribution >= 4 is 28.9 Å². The molecule has 2 N–H and O–H groups in total. The van der Waals surface area contributed by atoms with Crippen LogP contribution in [0.2, 0.25) is 5.02 Å². The van der Waals surface area contributed by atoms with Crippen LogP contribution in [0, 0.1) is 0 Å². The van der Waals surface area contributed by atoms with Gasteiger partial charge in [-0.2, -0.15) is 0 Å². The number of hydrogen-bond donors (Lipinski definition) is 1. The molecule has 0 aromatic heterocycles. The predicted octanol–water partition coefficient (Wildman–Crippen LogP) is 5.92. The number of halogens is 1. The molecule has 3 aromatic rings. The molecule has 1 unspecified atom stereocenters. The third-order valence-electron chi connectivity index (χ3n) is 6.88. The number of nitrogens with two attached hydrogens (primary N) is 1. The molecule has 2 aliphatic heterocycles. The molecule has 6 nitrogen and oxygen atoms in total. The summed E-state index contributed by atoms with van der Waals surface area (Å²) < 4.78 is 18.5. The Morgan fingerprint density at radius 3 is 2.43 bits per heavy atom. The summed E-state index contributed by atoms with van der Waals surface area (Å²) in [5.74, 6) is 0.748. The standard InChI is InChI=1S/C28H29ClN2O4/c1-4-31(5-2)25-23(29)18(15-16-33-6-3)26-22(24(25)30)28(20-13-9-10-14-21(20)34-26)19-12-8-7-11-17(19)27(32)35-28/h7-14H,4-6,15-16,30H2,1-3H3. The Labute approximate surface area is 210 Å². The summed E-state index contributed by atoms with van der Waals surface area (Å²) in [6, 6.07) is 15.1. The first-order valence-electron chi connectivity index (χ1n) is 12.1. The van der Waals surface area contributed by atoms with Crippen LogP contribution in [0.5, 0.6) is 11.5 Å². The highest BCUT2D eigenvalue weighted by Crippen LogP contribution is 2.61. The minimum Gasteiger partial charge on any atom is -0.456 e. The first kappa shape index (κ1) is 23.5. The van der Waals surface area contributed by atoms with E-state index in [4.69, 9.17) is 31.5 Å². The number of ether oxygens (including phenoxy) is 3. The molecule has 35 heavy (non-hydrogen) atoms. The summed E-state index contributed by atoms with van der Waals surface area (Å²) >= 11 is 7.07. The van der Waals surface area contributed by atoms with Crippen LogP contribution in [-0.2, 0) is 21.5 Å². The largest absolute Gasteiger partial charge is 0.456 e. The van der Waals surface area contributed by atoms with E-state index in [1.54, 1.807) is 6.07 Å². The maximum atomic E-state index is 13.2. The third kappa shape index (κ3) is 3.39. The van der Waals surface area contributed by atoms with E-state index in [1.165, 1.54) is 0 Å². The number of esters is 1. The van der Waals surface area contributed by atoms with Gasteiger partial charge >= 0.3 is 5.97 Å². The zero-order valence-corrected chi connectivity index (χ0v) is 20.9. The molecular weight excluding hydrogens is 464 g/mol. The molecule has 0 saturated carbocycles. The van der Waals surface area contributed by atoms with Gasteiger partial charge < -0.3 is 24.8 Å². The Morgan fingerprint density at radius 2 is 1.71 bits per heavy atom. The lowest BCUT2D eigenvalue weighted by Gasteiger charge is -2.40. The summed E-state index contributed by atoms with van der Waals surface area (Å²) in [5.41, 5.74) is 10.3. The fourth-order valence-electron chi connectivity index (χ4n) is 5.30. The molecular formula is C28H29ClN2O4. The van der Waals surface area contributed by atoms with Crippen LogP contribution in [0.3, 0.4) is 0 Å². The van der Waals surface area contributed by atoms with Crippen molar-refractivity contribution < 1.29 is 19.0 Å². The Balaban J connectivity index is 1.90. The normalized spacial score (nSPS) is 17.4. The number of fused-ring (bicyclic) bond motifs is 6. The lowest BCUT2D eigenvalue weighted by molar-refractivity contribution is 0.0226. The zero-order chi connectivity index (χ0) is 24.7. The van der Waals surface area contributed by atoms with Gasteiger partial charge in [-0.25, -0.2) is 4.79 Å². The van der Waals surface area contributed by atoms with Crippen molar-refractivity contribution in [3.05, 3.63) is 81.4 Å². The molecule has 7 heteroatoms. The van der Waals surface area contributed by atoms with Crippen LogP contribution in [0.15, 0.2) is 48.5 Å². The summed E-state index contributed by atoms with van der Waals surface area (Å²) in [5, 5.41) is 0.539. The van der Waals surface area contributed by atoms with E-state index in [0.29, 0.717) is 66.1 Å². The van der Waals surface area contributed by atoms with Gasteiger partial charge in [-0.15, -0.1) is 0 Å². The monoisotopic (exact) mass is 492 g/mol. The fraction of sp³-hybridized carbons (Fsp3) is 0.321. The van der Waals surface area contributed by atoms with E-state index < -0.39 is 11.6 Å².